The molecule has 2 aromatic heterocycles. The molecule has 2 unspecified atom stereocenters. The molecule has 0 spiro atoms. The zero-order valence-corrected chi connectivity index (χ0v) is 12.0. The van der Waals surface area contributed by atoms with Crippen molar-refractivity contribution in [1.29, 1.82) is 0 Å². The normalized spacial score (nSPS) is 27.0. The smallest absolute Gasteiger partial charge is 0.243 e. The summed E-state index contributed by atoms with van der Waals surface area (Å²) in [4.78, 5) is 4.53. The van der Waals surface area contributed by atoms with Gasteiger partial charge in [0.25, 0.3) is 0 Å². The molecule has 0 aromatic carbocycles. The van der Waals surface area contributed by atoms with Gasteiger partial charge >= 0.3 is 0 Å². The fraction of sp³-hybridized carbons (Fsp3) is 0.538. The number of nitrogens with one attached hydrogen (secondary N) is 1. The van der Waals surface area contributed by atoms with Gasteiger partial charge in [0.1, 0.15) is 0 Å². The summed E-state index contributed by atoms with van der Waals surface area (Å²) in [5, 5.41) is 7.90. The summed E-state index contributed by atoms with van der Waals surface area (Å²) in [7, 11) is 0. The second-order valence-electron chi connectivity index (χ2n) is 5.27. The number of anilines is 1. The SMILES string of the molecule is Brc1cccn2nc(NC3CCOC3C3CC3)nc12. The minimum Gasteiger partial charge on any atom is -0.376 e. The molecule has 2 fully saturated rings. The zero-order chi connectivity index (χ0) is 12.8. The first kappa shape index (κ1) is 11.7. The van der Waals surface area contributed by atoms with E-state index >= 15 is 0 Å². The summed E-state index contributed by atoms with van der Waals surface area (Å²) in [6.45, 7) is 0.843. The molecule has 0 amide bonds. The molecule has 2 atom stereocenters. The zero-order valence-electron chi connectivity index (χ0n) is 10.4. The van der Waals surface area contributed by atoms with Crippen LogP contribution in [0.4, 0.5) is 5.95 Å². The highest BCUT2D eigenvalue weighted by Gasteiger charge is 2.40. The van der Waals surface area contributed by atoms with E-state index in [9.17, 15) is 0 Å². The third-order valence-corrected chi connectivity index (χ3v) is 4.47. The van der Waals surface area contributed by atoms with Crippen molar-refractivity contribution in [2.45, 2.75) is 31.4 Å². The van der Waals surface area contributed by atoms with Crippen molar-refractivity contribution in [1.82, 2.24) is 14.6 Å². The van der Waals surface area contributed by atoms with Crippen LogP contribution in [-0.4, -0.2) is 33.4 Å². The van der Waals surface area contributed by atoms with Gasteiger partial charge in [-0.1, -0.05) is 0 Å². The van der Waals surface area contributed by atoms with Crippen molar-refractivity contribution in [2.75, 3.05) is 11.9 Å². The lowest BCUT2D eigenvalue weighted by Gasteiger charge is -2.18. The van der Waals surface area contributed by atoms with Crippen LogP contribution in [0.5, 0.6) is 0 Å². The Balaban J connectivity index is 1.59. The van der Waals surface area contributed by atoms with Crippen LogP contribution in [0.25, 0.3) is 5.65 Å². The standard InChI is InChI=1S/C13H15BrN4O/c14-9-2-1-6-18-12(9)16-13(17-18)15-10-5-7-19-11(10)8-3-4-8/h1-2,6,8,10-11H,3-5,7H2,(H,15,17). The van der Waals surface area contributed by atoms with Gasteiger partial charge in [-0.15, -0.1) is 5.10 Å². The van der Waals surface area contributed by atoms with Crippen LogP contribution in [0, 0.1) is 5.92 Å². The van der Waals surface area contributed by atoms with Gasteiger partial charge in [-0.25, -0.2) is 4.52 Å². The Kier molecular flexibility index (Phi) is 2.73. The number of halogens is 1. The number of aromatic nitrogens is 3. The largest absolute Gasteiger partial charge is 0.376 e. The second-order valence-corrected chi connectivity index (χ2v) is 6.13. The highest BCUT2D eigenvalue weighted by atomic mass is 79.9. The van der Waals surface area contributed by atoms with Gasteiger partial charge in [0.15, 0.2) is 5.65 Å². The van der Waals surface area contributed by atoms with Crippen molar-refractivity contribution in [3.63, 3.8) is 0 Å². The Morgan fingerprint density at radius 1 is 1.37 bits per heavy atom. The lowest BCUT2D eigenvalue weighted by Crippen LogP contribution is -2.31. The molecule has 19 heavy (non-hydrogen) atoms. The number of pyridine rings is 1. The third kappa shape index (κ3) is 2.12. The molecular weight excluding hydrogens is 308 g/mol. The molecule has 0 radical (unpaired) electrons. The van der Waals surface area contributed by atoms with Crippen molar-refractivity contribution in [3.05, 3.63) is 22.8 Å². The summed E-state index contributed by atoms with van der Waals surface area (Å²) < 4.78 is 8.57. The van der Waals surface area contributed by atoms with Crippen LogP contribution in [-0.2, 0) is 4.74 Å². The minimum atomic E-state index is 0.343. The Hall–Kier alpha value is -1.14. The lowest BCUT2D eigenvalue weighted by molar-refractivity contribution is 0.0897. The van der Waals surface area contributed by atoms with Gasteiger partial charge in [-0.2, -0.15) is 4.98 Å². The van der Waals surface area contributed by atoms with Gasteiger partial charge in [0.05, 0.1) is 16.6 Å². The maximum absolute atomic E-state index is 5.83. The molecule has 2 aromatic rings. The number of hydrogen-bond donors (Lipinski definition) is 1. The average molecular weight is 323 g/mol. The van der Waals surface area contributed by atoms with Crippen LogP contribution < -0.4 is 5.32 Å². The molecular formula is C13H15BrN4O. The van der Waals surface area contributed by atoms with Gasteiger partial charge in [-0.3, -0.25) is 0 Å². The molecule has 3 heterocycles. The van der Waals surface area contributed by atoms with Crippen LogP contribution in [0.2, 0.25) is 0 Å². The highest BCUT2D eigenvalue weighted by Crippen LogP contribution is 2.39. The molecule has 2 aliphatic rings. The minimum absolute atomic E-state index is 0.343. The molecule has 0 bridgehead atoms. The van der Waals surface area contributed by atoms with Crippen molar-refractivity contribution in [2.24, 2.45) is 5.92 Å². The van der Waals surface area contributed by atoms with E-state index in [0.717, 1.165) is 29.1 Å². The first-order chi connectivity index (χ1) is 9.31. The fourth-order valence-corrected chi connectivity index (χ4v) is 3.18. The maximum atomic E-state index is 5.83. The predicted octanol–water partition coefficient (Wildman–Crippen LogP) is 2.47. The topological polar surface area (TPSA) is 51.5 Å². The second kappa shape index (κ2) is 4.45. The van der Waals surface area contributed by atoms with Gasteiger partial charge < -0.3 is 10.1 Å². The molecule has 1 N–H and O–H groups in total. The van der Waals surface area contributed by atoms with Crippen molar-refractivity contribution < 1.29 is 4.74 Å². The van der Waals surface area contributed by atoms with E-state index in [4.69, 9.17) is 4.74 Å². The summed E-state index contributed by atoms with van der Waals surface area (Å²) in [6.07, 6.45) is 5.88. The molecule has 4 rings (SSSR count). The molecule has 100 valence electrons. The van der Waals surface area contributed by atoms with Gasteiger partial charge in [-0.05, 0) is 53.2 Å². The third-order valence-electron chi connectivity index (χ3n) is 3.85. The van der Waals surface area contributed by atoms with Crippen LogP contribution in [0.1, 0.15) is 19.3 Å². The van der Waals surface area contributed by atoms with E-state index in [1.165, 1.54) is 12.8 Å². The molecule has 1 saturated heterocycles. The van der Waals surface area contributed by atoms with E-state index in [0.29, 0.717) is 18.1 Å². The van der Waals surface area contributed by atoms with Gasteiger partial charge in [0.2, 0.25) is 5.95 Å². The number of nitrogens with zero attached hydrogens (tertiary/aromatic N) is 3. The Morgan fingerprint density at radius 3 is 3.05 bits per heavy atom. The van der Waals surface area contributed by atoms with E-state index in [1.807, 2.05) is 18.3 Å². The fourth-order valence-electron chi connectivity index (χ4n) is 2.76. The molecule has 5 nitrogen and oxygen atoms in total. The lowest BCUT2D eigenvalue weighted by atomic mass is 10.1. The Bertz CT molecular complexity index is 610. The van der Waals surface area contributed by atoms with E-state index in [1.54, 1.807) is 4.52 Å². The van der Waals surface area contributed by atoms with E-state index < -0.39 is 0 Å². The van der Waals surface area contributed by atoms with Crippen molar-refractivity contribution >= 4 is 27.5 Å². The summed E-state index contributed by atoms with van der Waals surface area (Å²) in [6, 6.07) is 4.27. The number of ether oxygens (including phenoxy) is 1. The summed E-state index contributed by atoms with van der Waals surface area (Å²) in [5.74, 6) is 1.43. The number of fused-ring (bicyclic) bond motifs is 1. The Labute approximate surface area is 119 Å². The first-order valence-corrected chi connectivity index (χ1v) is 7.49. The molecule has 1 aliphatic carbocycles. The molecule has 6 heteroatoms. The van der Waals surface area contributed by atoms with Crippen LogP contribution >= 0.6 is 15.9 Å². The average Bonchev–Trinajstić information content (AvgIpc) is 2.99. The first-order valence-electron chi connectivity index (χ1n) is 6.70. The van der Waals surface area contributed by atoms with E-state index in [-0.39, 0.29) is 0 Å². The Morgan fingerprint density at radius 2 is 2.26 bits per heavy atom. The number of rotatable bonds is 3. The molecule has 1 saturated carbocycles. The summed E-state index contributed by atoms with van der Waals surface area (Å²) >= 11 is 3.49. The predicted molar refractivity (Wildman–Crippen MR) is 75.2 cm³/mol. The van der Waals surface area contributed by atoms with Crippen molar-refractivity contribution in [3.8, 4) is 0 Å². The van der Waals surface area contributed by atoms with Crippen LogP contribution in [0.3, 0.4) is 0 Å². The van der Waals surface area contributed by atoms with E-state index in [2.05, 4.69) is 31.3 Å². The summed E-state index contributed by atoms with van der Waals surface area (Å²) in [5.41, 5.74) is 0.840. The monoisotopic (exact) mass is 322 g/mol. The maximum Gasteiger partial charge on any atom is 0.243 e. The number of hydrogen-bond acceptors (Lipinski definition) is 4. The quantitative estimate of drug-likeness (QED) is 0.943. The van der Waals surface area contributed by atoms with Crippen LogP contribution in [0.15, 0.2) is 22.8 Å². The highest BCUT2D eigenvalue weighted by molar-refractivity contribution is 9.10. The van der Waals surface area contributed by atoms with Gasteiger partial charge in [0, 0.05) is 12.8 Å². The molecule has 1 aliphatic heterocycles.